The van der Waals surface area contributed by atoms with E-state index in [2.05, 4.69) is 31.2 Å². The molecular formula is C18H16BrN3O3S. The summed E-state index contributed by atoms with van der Waals surface area (Å²) in [6.07, 6.45) is 1.73. The minimum atomic E-state index is -3.61. The first-order valence-electron chi connectivity index (χ1n) is 7.96. The van der Waals surface area contributed by atoms with E-state index in [1.807, 2.05) is 36.4 Å². The number of benzene rings is 2. The quantitative estimate of drug-likeness (QED) is 0.617. The molecule has 26 heavy (non-hydrogen) atoms. The molecule has 2 aromatic carbocycles. The van der Waals surface area contributed by atoms with E-state index in [1.165, 1.54) is 6.20 Å². The van der Waals surface area contributed by atoms with E-state index in [-0.39, 0.29) is 16.6 Å². The summed E-state index contributed by atoms with van der Waals surface area (Å²) in [6, 6.07) is 13.3. The van der Waals surface area contributed by atoms with Gasteiger partial charge in [0.1, 0.15) is 5.69 Å². The lowest BCUT2D eigenvalue weighted by Crippen LogP contribution is -2.18. The largest absolute Gasteiger partial charge is 0.321 e. The molecule has 0 aliphatic carbocycles. The maximum Gasteiger partial charge on any atom is 0.275 e. The van der Waals surface area contributed by atoms with Gasteiger partial charge in [-0.2, -0.15) is 0 Å². The summed E-state index contributed by atoms with van der Waals surface area (Å²) in [5.41, 5.74) is 0.569. The standard InChI is InChI=1S/C18H16BrN3O3S/c1-2-9-26(24,25)18-20-11-15(19)16(22-18)17(23)21-14-8-7-12-5-3-4-6-13(12)10-14/h3-8,10-11H,2,9H2,1H3,(H,21,23). The molecule has 1 aromatic heterocycles. The van der Waals surface area contributed by atoms with Crippen molar-refractivity contribution in [3.8, 4) is 0 Å². The molecular weight excluding hydrogens is 418 g/mol. The number of anilines is 1. The van der Waals surface area contributed by atoms with Gasteiger partial charge in [-0.15, -0.1) is 0 Å². The van der Waals surface area contributed by atoms with Gasteiger partial charge in [-0.3, -0.25) is 4.79 Å². The molecule has 1 amide bonds. The van der Waals surface area contributed by atoms with Gasteiger partial charge in [0, 0.05) is 11.9 Å². The lowest BCUT2D eigenvalue weighted by atomic mass is 10.1. The molecule has 1 N–H and O–H groups in total. The zero-order chi connectivity index (χ0) is 18.7. The van der Waals surface area contributed by atoms with Crippen molar-refractivity contribution in [1.82, 2.24) is 9.97 Å². The van der Waals surface area contributed by atoms with Crippen LogP contribution in [0.4, 0.5) is 5.69 Å². The number of sulfone groups is 1. The Hall–Kier alpha value is -2.32. The maximum absolute atomic E-state index is 12.6. The van der Waals surface area contributed by atoms with Crippen LogP contribution in [0.25, 0.3) is 10.8 Å². The third-order valence-electron chi connectivity index (χ3n) is 3.70. The summed E-state index contributed by atoms with van der Waals surface area (Å²) in [4.78, 5) is 20.4. The Morgan fingerprint density at radius 3 is 2.62 bits per heavy atom. The van der Waals surface area contributed by atoms with Crippen LogP contribution in [-0.2, 0) is 9.84 Å². The lowest BCUT2D eigenvalue weighted by molar-refractivity contribution is 0.102. The van der Waals surface area contributed by atoms with Gasteiger partial charge in [0.05, 0.1) is 10.2 Å². The topological polar surface area (TPSA) is 89.0 Å². The van der Waals surface area contributed by atoms with Gasteiger partial charge in [-0.05, 0) is 45.3 Å². The first-order chi connectivity index (χ1) is 12.4. The Kier molecular flexibility index (Phi) is 5.33. The van der Waals surface area contributed by atoms with E-state index in [1.54, 1.807) is 13.0 Å². The third kappa shape index (κ3) is 3.91. The number of amides is 1. The highest BCUT2D eigenvalue weighted by molar-refractivity contribution is 9.10. The highest BCUT2D eigenvalue weighted by Crippen LogP contribution is 2.21. The van der Waals surface area contributed by atoms with Crippen LogP contribution in [-0.4, -0.2) is 30.0 Å². The van der Waals surface area contributed by atoms with Crippen molar-refractivity contribution in [3.05, 3.63) is 58.8 Å². The van der Waals surface area contributed by atoms with Crippen molar-refractivity contribution < 1.29 is 13.2 Å². The van der Waals surface area contributed by atoms with Crippen LogP contribution >= 0.6 is 15.9 Å². The zero-order valence-electron chi connectivity index (χ0n) is 13.9. The fraction of sp³-hybridized carbons (Fsp3) is 0.167. The first kappa shape index (κ1) is 18.5. The number of carbonyl (C=O) groups is 1. The van der Waals surface area contributed by atoms with Gasteiger partial charge in [-0.1, -0.05) is 37.3 Å². The Morgan fingerprint density at radius 2 is 1.88 bits per heavy atom. The molecule has 0 bridgehead atoms. The molecule has 3 rings (SSSR count). The zero-order valence-corrected chi connectivity index (χ0v) is 16.3. The number of hydrogen-bond acceptors (Lipinski definition) is 5. The Morgan fingerprint density at radius 1 is 1.15 bits per heavy atom. The van der Waals surface area contributed by atoms with Crippen molar-refractivity contribution in [2.75, 3.05) is 11.1 Å². The Balaban J connectivity index is 1.91. The van der Waals surface area contributed by atoms with Crippen LogP contribution in [0.15, 0.2) is 58.3 Å². The number of fused-ring (bicyclic) bond motifs is 1. The lowest BCUT2D eigenvalue weighted by Gasteiger charge is -2.09. The Labute approximate surface area is 159 Å². The maximum atomic E-state index is 12.6. The molecule has 0 radical (unpaired) electrons. The molecule has 0 atom stereocenters. The molecule has 0 saturated heterocycles. The van der Waals surface area contributed by atoms with Crippen LogP contribution in [0.3, 0.4) is 0 Å². The summed E-state index contributed by atoms with van der Waals surface area (Å²) in [6.45, 7) is 1.75. The number of halogens is 1. The van der Waals surface area contributed by atoms with E-state index < -0.39 is 15.7 Å². The summed E-state index contributed by atoms with van der Waals surface area (Å²) in [7, 11) is -3.61. The van der Waals surface area contributed by atoms with Gasteiger partial charge < -0.3 is 5.32 Å². The monoisotopic (exact) mass is 433 g/mol. The third-order valence-corrected chi connectivity index (χ3v) is 5.97. The molecule has 0 unspecified atom stereocenters. The summed E-state index contributed by atoms with van der Waals surface area (Å²) < 4.78 is 24.6. The van der Waals surface area contributed by atoms with Gasteiger partial charge in [0.2, 0.25) is 15.0 Å². The summed E-state index contributed by atoms with van der Waals surface area (Å²) >= 11 is 3.21. The molecule has 0 fully saturated rings. The van der Waals surface area contributed by atoms with E-state index in [4.69, 9.17) is 0 Å². The fourth-order valence-corrected chi connectivity index (χ4v) is 4.01. The molecule has 3 aromatic rings. The van der Waals surface area contributed by atoms with Gasteiger partial charge in [-0.25, -0.2) is 18.4 Å². The highest BCUT2D eigenvalue weighted by atomic mass is 79.9. The van der Waals surface area contributed by atoms with Gasteiger partial charge in [0.15, 0.2) is 0 Å². The normalized spacial score (nSPS) is 11.5. The summed E-state index contributed by atoms with van der Waals surface area (Å²) in [5.74, 6) is -0.581. The number of nitrogens with zero attached hydrogens (tertiary/aromatic N) is 2. The average Bonchev–Trinajstić information content (AvgIpc) is 2.61. The van der Waals surface area contributed by atoms with Crippen molar-refractivity contribution in [3.63, 3.8) is 0 Å². The van der Waals surface area contributed by atoms with E-state index in [0.717, 1.165) is 10.8 Å². The van der Waals surface area contributed by atoms with Crippen molar-refractivity contribution >= 4 is 48.1 Å². The minimum Gasteiger partial charge on any atom is -0.321 e. The predicted octanol–water partition coefficient (Wildman–Crippen LogP) is 3.83. The van der Waals surface area contributed by atoms with Crippen molar-refractivity contribution in [2.24, 2.45) is 0 Å². The van der Waals surface area contributed by atoms with E-state index >= 15 is 0 Å². The van der Waals surface area contributed by atoms with Crippen molar-refractivity contribution in [1.29, 1.82) is 0 Å². The minimum absolute atomic E-state index is 0.0252. The second-order valence-electron chi connectivity index (χ2n) is 5.68. The molecule has 1 heterocycles. The SMILES string of the molecule is CCCS(=O)(=O)c1ncc(Br)c(C(=O)Nc2ccc3ccccc3c2)n1. The Bertz CT molecular complexity index is 1080. The predicted molar refractivity (Wildman–Crippen MR) is 104 cm³/mol. The first-order valence-corrected chi connectivity index (χ1v) is 10.4. The van der Waals surface area contributed by atoms with Gasteiger partial charge >= 0.3 is 0 Å². The van der Waals surface area contributed by atoms with Crippen LogP contribution in [0.2, 0.25) is 0 Å². The fourth-order valence-electron chi connectivity index (χ4n) is 2.48. The van der Waals surface area contributed by atoms with Crippen LogP contribution in [0, 0.1) is 0 Å². The number of carbonyl (C=O) groups excluding carboxylic acids is 1. The highest BCUT2D eigenvalue weighted by Gasteiger charge is 2.21. The smallest absolute Gasteiger partial charge is 0.275 e. The molecule has 6 nitrogen and oxygen atoms in total. The number of aromatic nitrogens is 2. The number of nitrogens with one attached hydrogen (secondary N) is 1. The molecule has 134 valence electrons. The van der Waals surface area contributed by atoms with E-state index in [0.29, 0.717) is 16.6 Å². The second-order valence-corrected chi connectivity index (χ2v) is 8.54. The molecule has 8 heteroatoms. The van der Waals surface area contributed by atoms with Crippen LogP contribution < -0.4 is 5.32 Å². The molecule has 0 saturated carbocycles. The van der Waals surface area contributed by atoms with Crippen LogP contribution in [0.5, 0.6) is 0 Å². The summed E-state index contributed by atoms with van der Waals surface area (Å²) in [5, 5.41) is 4.45. The molecule has 0 aliphatic heterocycles. The molecule has 0 spiro atoms. The van der Waals surface area contributed by atoms with Crippen molar-refractivity contribution in [2.45, 2.75) is 18.5 Å². The van der Waals surface area contributed by atoms with Crippen LogP contribution in [0.1, 0.15) is 23.8 Å². The molecule has 0 aliphatic rings. The van der Waals surface area contributed by atoms with Gasteiger partial charge in [0.25, 0.3) is 5.91 Å². The number of rotatable bonds is 5. The average molecular weight is 434 g/mol. The second kappa shape index (κ2) is 7.51. The number of hydrogen-bond donors (Lipinski definition) is 1. The van der Waals surface area contributed by atoms with E-state index in [9.17, 15) is 13.2 Å².